The summed E-state index contributed by atoms with van der Waals surface area (Å²) in [7, 11) is -3.65. The van der Waals surface area contributed by atoms with Gasteiger partial charge in [-0.05, 0) is 37.1 Å². The third-order valence-electron chi connectivity index (χ3n) is 4.00. The summed E-state index contributed by atoms with van der Waals surface area (Å²) in [6.07, 6.45) is 2.54. The van der Waals surface area contributed by atoms with Gasteiger partial charge in [0.25, 0.3) is 5.91 Å². The summed E-state index contributed by atoms with van der Waals surface area (Å²) in [5.74, 6) is 0.00860. The maximum atomic E-state index is 12.1. The molecule has 0 aliphatic heterocycles. The van der Waals surface area contributed by atoms with Crippen LogP contribution in [0.5, 0.6) is 5.88 Å². The maximum absolute atomic E-state index is 12.1. The summed E-state index contributed by atoms with van der Waals surface area (Å²) < 4.78 is 31.8. The van der Waals surface area contributed by atoms with Crippen molar-refractivity contribution < 1.29 is 17.9 Å². The number of hydrogen-bond donors (Lipinski definition) is 1. The summed E-state index contributed by atoms with van der Waals surface area (Å²) in [5, 5.41) is 5.59. The molecule has 0 unspecified atom stereocenters. The van der Waals surface area contributed by atoms with E-state index >= 15 is 0 Å². The largest absolute Gasteiger partial charge is 0.476 e. The Morgan fingerprint density at radius 3 is 2.66 bits per heavy atom. The fourth-order valence-electron chi connectivity index (χ4n) is 2.72. The van der Waals surface area contributed by atoms with E-state index < -0.39 is 15.9 Å². The van der Waals surface area contributed by atoms with E-state index in [9.17, 15) is 13.2 Å². The van der Waals surface area contributed by atoms with Gasteiger partial charge in [0.05, 0.1) is 36.0 Å². The lowest BCUT2D eigenvalue weighted by Gasteiger charge is -2.10. The number of carbonyl (C=O) groups excluding carboxylic acids is 1. The molecule has 3 rings (SSSR count). The standard InChI is InChI=1S/C19H21ClN4O4S/c1-11(2)10-28-19-16(20)8-14(9-21-19)24-17-6-5-13(7-15(17)12(3)22-24)18(25)23-29(4,26)27/h5-9,11H,10H2,1-4H3,(H,23,25). The van der Waals surface area contributed by atoms with Crippen LogP contribution in [-0.2, 0) is 10.0 Å². The van der Waals surface area contributed by atoms with E-state index in [-0.39, 0.29) is 5.56 Å². The molecule has 0 fully saturated rings. The number of pyridine rings is 1. The summed E-state index contributed by atoms with van der Waals surface area (Å²) in [5.41, 5.74) is 2.26. The number of carbonyl (C=O) groups is 1. The molecule has 2 heterocycles. The Kier molecular flexibility index (Phi) is 5.81. The Hall–Kier alpha value is -2.65. The maximum Gasteiger partial charge on any atom is 0.264 e. The molecule has 10 heteroatoms. The van der Waals surface area contributed by atoms with E-state index in [2.05, 4.69) is 10.1 Å². The van der Waals surface area contributed by atoms with Crippen molar-refractivity contribution in [3.05, 3.63) is 46.7 Å². The number of ether oxygens (including phenoxy) is 1. The molecule has 0 radical (unpaired) electrons. The molecule has 0 saturated carbocycles. The van der Waals surface area contributed by atoms with Crippen LogP contribution < -0.4 is 9.46 Å². The molecule has 154 valence electrons. The molecule has 0 spiro atoms. The van der Waals surface area contributed by atoms with Gasteiger partial charge in [-0.1, -0.05) is 25.4 Å². The topological polar surface area (TPSA) is 103 Å². The quantitative estimate of drug-likeness (QED) is 0.636. The number of fused-ring (bicyclic) bond motifs is 1. The van der Waals surface area contributed by atoms with Crippen molar-refractivity contribution in [1.82, 2.24) is 19.5 Å². The fourth-order valence-corrected chi connectivity index (χ4v) is 3.39. The molecular weight excluding hydrogens is 416 g/mol. The zero-order valence-electron chi connectivity index (χ0n) is 16.4. The van der Waals surface area contributed by atoms with Gasteiger partial charge < -0.3 is 4.74 Å². The van der Waals surface area contributed by atoms with Crippen molar-refractivity contribution in [2.75, 3.05) is 12.9 Å². The van der Waals surface area contributed by atoms with Crippen LogP contribution in [0.1, 0.15) is 29.9 Å². The first kappa shape index (κ1) is 21.1. The van der Waals surface area contributed by atoms with Crippen LogP contribution in [0.15, 0.2) is 30.5 Å². The van der Waals surface area contributed by atoms with Crippen molar-refractivity contribution in [3.8, 4) is 11.6 Å². The Bertz CT molecular complexity index is 1190. The predicted octanol–water partition coefficient (Wildman–Crippen LogP) is 3.11. The van der Waals surface area contributed by atoms with Gasteiger partial charge in [0, 0.05) is 10.9 Å². The van der Waals surface area contributed by atoms with Crippen molar-refractivity contribution in [2.24, 2.45) is 5.92 Å². The molecule has 0 aliphatic carbocycles. The van der Waals surface area contributed by atoms with Crippen LogP contribution in [0.25, 0.3) is 16.6 Å². The highest BCUT2D eigenvalue weighted by Gasteiger charge is 2.16. The lowest BCUT2D eigenvalue weighted by Crippen LogP contribution is -2.29. The Balaban J connectivity index is 1.97. The number of halogens is 1. The van der Waals surface area contributed by atoms with Gasteiger partial charge >= 0.3 is 0 Å². The van der Waals surface area contributed by atoms with Crippen LogP contribution in [0, 0.1) is 12.8 Å². The monoisotopic (exact) mass is 436 g/mol. The van der Waals surface area contributed by atoms with E-state index in [1.807, 2.05) is 18.6 Å². The Morgan fingerprint density at radius 1 is 1.31 bits per heavy atom. The van der Waals surface area contributed by atoms with Gasteiger partial charge in [-0.3, -0.25) is 4.79 Å². The zero-order valence-corrected chi connectivity index (χ0v) is 18.0. The average Bonchev–Trinajstić information content (AvgIpc) is 2.95. The normalized spacial score (nSPS) is 11.8. The molecular formula is C19H21ClN4O4S. The molecule has 0 saturated heterocycles. The summed E-state index contributed by atoms with van der Waals surface area (Å²) in [4.78, 5) is 16.4. The molecule has 3 aromatic rings. The van der Waals surface area contributed by atoms with E-state index in [0.717, 1.165) is 11.8 Å². The second-order valence-electron chi connectivity index (χ2n) is 7.12. The molecule has 8 nitrogen and oxygen atoms in total. The van der Waals surface area contributed by atoms with Crippen LogP contribution in [0.4, 0.5) is 0 Å². The summed E-state index contributed by atoms with van der Waals surface area (Å²) in [6, 6.07) is 6.55. The van der Waals surface area contributed by atoms with Gasteiger partial charge in [-0.2, -0.15) is 5.10 Å². The molecule has 0 bridgehead atoms. The minimum atomic E-state index is -3.65. The number of aromatic nitrogens is 3. The number of sulfonamides is 1. The number of hydrogen-bond acceptors (Lipinski definition) is 6. The van der Waals surface area contributed by atoms with Crippen LogP contribution in [0.3, 0.4) is 0 Å². The van der Waals surface area contributed by atoms with Gasteiger partial charge in [0.2, 0.25) is 15.9 Å². The number of nitrogens with one attached hydrogen (secondary N) is 1. The van der Waals surface area contributed by atoms with Crippen molar-refractivity contribution >= 4 is 38.4 Å². The molecule has 2 aromatic heterocycles. The van der Waals surface area contributed by atoms with E-state index in [4.69, 9.17) is 16.3 Å². The van der Waals surface area contributed by atoms with E-state index in [0.29, 0.717) is 40.2 Å². The van der Waals surface area contributed by atoms with Crippen molar-refractivity contribution in [3.63, 3.8) is 0 Å². The van der Waals surface area contributed by atoms with Crippen molar-refractivity contribution in [2.45, 2.75) is 20.8 Å². The SMILES string of the molecule is Cc1nn(-c2cnc(OCC(C)C)c(Cl)c2)c2ccc(C(=O)NS(C)(=O)=O)cc12. The number of aryl methyl sites for hydroxylation is 1. The zero-order chi connectivity index (χ0) is 21.3. The van der Waals surface area contributed by atoms with Gasteiger partial charge in [0.1, 0.15) is 5.02 Å². The second kappa shape index (κ2) is 8.00. The van der Waals surface area contributed by atoms with Gasteiger partial charge in [-0.25, -0.2) is 22.8 Å². The van der Waals surface area contributed by atoms with E-state index in [1.54, 1.807) is 36.0 Å². The number of benzene rings is 1. The Morgan fingerprint density at radius 2 is 2.03 bits per heavy atom. The highest BCUT2D eigenvalue weighted by molar-refractivity contribution is 7.89. The highest BCUT2D eigenvalue weighted by atomic mass is 35.5. The predicted molar refractivity (Wildman–Crippen MR) is 111 cm³/mol. The first-order valence-electron chi connectivity index (χ1n) is 8.85. The molecule has 1 amide bonds. The number of amides is 1. The smallest absolute Gasteiger partial charge is 0.264 e. The average molecular weight is 437 g/mol. The van der Waals surface area contributed by atoms with Crippen LogP contribution in [-0.4, -0.2) is 42.0 Å². The molecule has 1 N–H and O–H groups in total. The second-order valence-corrected chi connectivity index (χ2v) is 9.27. The lowest BCUT2D eigenvalue weighted by molar-refractivity contribution is 0.0982. The highest BCUT2D eigenvalue weighted by Crippen LogP contribution is 2.28. The molecule has 1 aromatic carbocycles. The number of nitrogens with zero attached hydrogens (tertiary/aromatic N) is 3. The first-order valence-corrected chi connectivity index (χ1v) is 11.1. The third kappa shape index (κ3) is 4.86. The van der Waals surface area contributed by atoms with Gasteiger partial charge in [0.15, 0.2) is 0 Å². The minimum Gasteiger partial charge on any atom is -0.476 e. The minimum absolute atomic E-state index is 0.221. The molecule has 0 atom stereocenters. The Labute approximate surface area is 173 Å². The van der Waals surface area contributed by atoms with Crippen LogP contribution in [0.2, 0.25) is 5.02 Å². The van der Waals surface area contributed by atoms with E-state index in [1.165, 1.54) is 6.07 Å². The summed E-state index contributed by atoms with van der Waals surface area (Å²) in [6.45, 7) is 6.37. The summed E-state index contributed by atoms with van der Waals surface area (Å²) >= 11 is 6.31. The molecule has 29 heavy (non-hydrogen) atoms. The molecule has 0 aliphatic rings. The first-order chi connectivity index (χ1) is 13.5. The van der Waals surface area contributed by atoms with Crippen molar-refractivity contribution in [1.29, 1.82) is 0 Å². The fraction of sp³-hybridized carbons (Fsp3) is 0.316. The third-order valence-corrected chi connectivity index (χ3v) is 4.82. The van der Waals surface area contributed by atoms with Crippen LogP contribution >= 0.6 is 11.6 Å². The van der Waals surface area contributed by atoms with Gasteiger partial charge in [-0.15, -0.1) is 0 Å². The number of rotatable bonds is 6. The lowest BCUT2D eigenvalue weighted by atomic mass is 10.1.